The van der Waals surface area contributed by atoms with Gasteiger partial charge in [0.1, 0.15) is 11.0 Å². The van der Waals surface area contributed by atoms with E-state index in [4.69, 9.17) is 9.47 Å². The first-order valence-corrected chi connectivity index (χ1v) is 9.01. The molecule has 0 amide bonds. The Hall–Kier alpha value is -2.28. The molecule has 134 valence electrons. The molecule has 1 atom stereocenters. The van der Waals surface area contributed by atoms with Crippen LogP contribution in [0.15, 0.2) is 42.1 Å². The number of carbonyl (C=O) groups excluding carboxylic acids is 1. The minimum Gasteiger partial charge on any atom is -0.496 e. The summed E-state index contributed by atoms with van der Waals surface area (Å²) in [4.78, 5) is 12.0. The molecule has 0 spiro atoms. The van der Waals surface area contributed by atoms with E-state index in [1.165, 1.54) is 11.8 Å². The second-order valence-electron chi connectivity index (χ2n) is 5.33. The van der Waals surface area contributed by atoms with Gasteiger partial charge in [0.15, 0.2) is 11.0 Å². The molecule has 2 aromatic rings. The van der Waals surface area contributed by atoms with Gasteiger partial charge in [-0.25, -0.2) is 0 Å². The zero-order valence-corrected chi connectivity index (χ0v) is 15.6. The first kappa shape index (κ1) is 19.1. The summed E-state index contributed by atoms with van der Waals surface area (Å²) in [6.45, 7) is 8.52. The lowest BCUT2D eigenvalue weighted by Gasteiger charge is -2.13. The molecule has 0 N–H and O–H groups in total. The summed E-state index contributed by atoms with van der Waals surface area (Å²) in [6.07, 6.45) is 2.57. The Morgan fingerprint density at radius 3 is 2.84 bits per heavy atom. The maximum Gasteiger partial charge on any atom is 0.319 e. The number of carbonyl (C=O) groups is 1. The monoisotopic (exact) mass is 361 g/mol. The Bertz CT molecular complexity index is 730. The van der Waals surface area contributed by atoms with E-state index < -0.39 is 0 Å². The molecule has 0 aliphatic heterocycles. The van der Waals surface area contributed by atoms with E-state index in [1.807, 2.05) is 35.8 Å². The van der Waals surface area contributed by atoms with Crippen molar-refractivity contribution in [1.29, 1.82) is 0 Å². The van der Waals surface area contributed by atoms with Gasteiger partial charge in [-0.1, -0.05) is 36.9 Å². The van der Waals surface area contributed by atoms with Gasteiger partial charge >= 0.3 is 5.97 Å². The van der Waals surface area contributed by atoms with Crippen LogP contribution in [-0.4, -0.2) is 39.7 Å². The number of hydrogen-bond donors (Lipinski definition) is 0. The van der Waals surface area contributed by atoms with E-state index in [0.717, 1.165) is 12.0 Å². The Morgan fingerprint density at radius 2 is 2.16 bits per heavy atom. The standard InChI is InChI=1S/C18H23N3O3S/c1-5-11-21-16(14-9-7-8-10-15(14)23-4)19-20-18(21)25-13(3)17(22)24-12-6-2/h5,7-10,13H,1,6,11-12H2,2-4H3. The van der Waals surface area contributed by atoms with Gasteiger partial charge in [-0.3, -0.25) is 9.36 Å². The summed E-state index contributed by atoms with van der Waals surface area (Å²) in [5.74, 6) is 1.14. The fourth-order valence-electron chi connectivity index (χ4n) is 2.22. The third-order valence-electron chi connectivity index (χ3n) is 3.44. The van der Waals surface area contributed by atoms with Crippen LogP contribution in [0.5, 0.6) is 5.75 Å². The molecule has 2 rings (SSSR count). The minimum absolute atomic E-state index is 0.251. The fraction of sp³-hybridized carbons (Fsp3) is 0.389. The molecule has 0 fully saturated rings. The van der Waals surface area contributed by atoms with E-state index in [9.17, 15) is 4.79 Å². The Balaban J connectivity index is 2.30. The van der Waals surface area contributed by atoms with Crippen LogP contribution in [0.4, 0.5) is 0 Å². The molecule has 0 bridgehead atoms. The smallest absolute Gasteiger partial charge is 0.319 e. The quantitative estimate of drug-likeness (QED) is 0.386. The van der Waals surface area contributed by atoms with E-state index in [0.29, 0.717) is 29.9 Å². The van der Waals surface area contributed by atoms with E-state index in [1.54, 1.807) is 20.1 Å². The predicted octanol–water partition coefficient (Wildman–Crippen LogP) is 3.57. The molecule has 7 heteroatoms. The van der Waals surface area contributed by atoms with Gasteiger partial charge < -0.3 is 9.47 Å². The van der Waals surface area contributed by atoms with Crippen molar-refractivity contribution < 1.29 is 14.3 Å². The molecule has 0 saturated carbocycles. The van der Waals surface area contributed by atoms with Crippen molar-refractivity contribution in [3.63, 3.8) is 0 Å². The fourth-order valence-corrected chi connectivity index (χ4v) is 3.08. The van der Waals surface area contributed by atoms with Crippen molar-refractivity contribution in [2.75, 3.05) is 13.7 Å². The molecule has 0 radical (unpaired) electrons. The maximum absolute atomic E-state index is 12.0. The van der Waals surface area contributed by atoms with Crippen molar-refractivity contribution >= 4 is 17.7 Å². The molecular weight excluding hydrogens is 338 g/mol. The minimum atomic E-state index is -0.371. The normalized spacial score (nSPS) is 11.8. The van der Waals surface area contributed by atoms with Crippen LogP contribution in [0, 0.1) is 0 Å². The maximum atomic E-state index is 12.0. The van der Waals surface area contributed by atoms with Gasteiger partial charge in [0.25, 0.3) is 0 Å². The lowest BCUT2D eigenvalue weighted by atomic mass is 10.2. The highest BCUT2D eigenvalue weighted by Gasteiger charge is 2.22. The number of aromatic nitrogens is 3. The second-order valence-corrected chi connectivity index (χ2v) is 6.64. The van der Waals surface area contributed by atoms with Crippen LogP contribution >= 0.6 is 11.8 Å². The average molecular weight is 361 g/mol. The number of nitrogens with zero attached hydrogens (tertiary/aromatic N) is 3. The van der Waals surface area contributed by atoms with Crippen LogP contribution in [0.2, 0.25) is 0 Å². The lowest BCUT2D eigenvalue weighted by Crippen LogP contribution is -2.18. The van der Waals surface area contributed by atoms with Gasteiger partial charge in [0, 0.05) is 6.54 Å². The molecule has 0 aliphatic rings. The number of hydrogen-bond acceptors (Lipinski definition) is 6. The van der Waals surface area contributed by atoms with Crippen molar-refractivity contribution in [2.45, 2.75) is 37.2 Å². The Labute approximate surface area is 152 Å². The molecule has 1 aromatic carbocycles. The van der Waals surface area contributed by atoms with Crippen LogP contribution in [0.25, 0.3) is 11.4 Å². The van der Waals surface area contributed by atoms with Crippen LogP contribution in [0.3, 0.4) is 0 Å². The number of esters is 1. The zero-order valence-electron chi connectivity index (χ0n) is 14.8. The number of ether oxygens (including phenoxy) is 2. The predicted molar refractivity (Wildman–Crippen MR) is 98.8 cm³/mol. The van der Waals surface area contributed by atoms with E-state index in [2.05, 4.69) is 16.8 Å². The Morgan fingerprint density at radius 1 is 1.40 bits per heavy atom. The summed E-state index contributed by atoms with van der Waals surface area (Å²) in [5.41, 5.74) is 0.840. The lowest BCUT2D eigenvalue weighted by molar-refractivity contribution is -0.142. The van der Waals surface area contributed by atoms with Crippen molar-refractivity contribution in [3.05, 3.63) is 36.9 Å². The van der Waals surface area contributed by atoms with Gasteiger partial charge in [0.2, 0.25) is 0 Å². The van der Waals surface area contributed by atoms with Crippen molar-refractivity contribution in [2.24, 2.45) is 0 Å². The highest BCUT2D eigenvalue weighted by molar-refractivity contribution is 8.00. The first-order valence-electron chi connectivity index (χ1n) is 8.13. The number of para-hydroxylation sites is 1. The summed E-state index contributed by atoms with van der Waals surface area (Å²) in [6, 6.07) is 7.62. The number of allylic oxidation sites excluding steroid dienone is 1. The number of methoxy groups -OCH3 is 1. The topological polar surface area (TPSA) is 66.2 Å². The van der Waals surface area contributed by atoms with Crippen LogP contribution < -0.4 is 4.74 Å². The molecule has 25 heavy (non-hydrogen) atoms. The van der Waals surface area contributed by atoms with Gasteiger partial charge in [0.05, 0.1) is 19.3 Å². The molecule has 1 unspecified atom stereocenters. The van der Waals surface area contributed by atoms with Gasteiger partial charge in [-0.15, -0.1) is 16.8 Å². The molecule has 0 aliphatic carbocycles. The number of benzene rings is 1. The largest absolute Gasteiger partial charge is 0.496 e. The summed E-state index contributed by atoms with van der Waals surface area (Å²) in [7, 11) is 1.62. The molecule has 1 heterocycles. The van der Waals surface area contributed by atoms with E-state index >= 15 is 0 Å². The summed E-state index contributed by atoms with van der Waals surface area (Å²) < 4.78 is 12.5. The third-order valence-corrected chi connectivity index (χ3v) is 4.50. The number of thioether (sulfide) groups is 1. The van der Waals surface area contributed by atoms with Gasteiger partial charge in [-0.05, 0) is 25.5 Å². The third kappa shape index (κ3) is 4.63. The highest BCUT2D eigenvalue weighted by atomic mass is 32.2. The zero-order chi connectivity index (χ0) is 18.2. The molecule has 6 nitrogen and oxygen atoms in total. The second kappa shape index (κ2) is 9.27. The number of rotatable bonds is 9. The summed E-state index contributed by atoms with van der Waals surface area (Å²) >= 11 is 1.32. The van der Waals surface area contributed by atoms with E-state index in [-0.39, 0.29) is 11.2 Å². The molecule has 0 saturated heterocycles. The molecular formula is C18H23N3O3S. The molecule has 1 aromatic heterocycles. The van der Waals surface area contributed by atoms with Crippen LogP contribution in [0.1, 0.15) is 20.3 Å². The first-order chi connectivity index (χ1) is 12.1. The SMILES string of the molecule is C=CCn1c(SC(C)C(=O)OCCC)nnc1-c1ccccc1OC. The van der Waals surface area contributed by atoms with Crippen molar-refractivity contribution in [1.82, 2.24) is 14.8 Å². The van der Waals surface area contributed by atoms with Gasteiger partial charge in [-0.2, -0.15) is 0 Å². The average Bonchev–Trinajstić information content (AvgIpc) is 3.02. The van der Waals surface area contributed by atoms with Crippen LogP contribution in [-0.2, 0) is 16.1 Å². The Kier molecular flexibility index (Phi) is 7.06. The van der Waals surface area contributed by atoms with Crippen molar-refractivity contribution in [3.8, 4) is 17.1 Å². The highest BCUT2D eigenvalue weighted by Crippen LogP contribution is 2.32. The summed E-state index contributed by atoms with van der Waals surface area (Å²) in [5, 5.41) is 8.82.